The molecule has 0 atom stereocenters. The van der Waals surface area contributed by atoms with Crippen LogP contribution in [0.2, 0.25) is 0 Å². The van der Waals surface area contributed by atoms with Gasteiger partial charge >= 0.3 is 0 Å². The maximum atomic E-state index is 2.41. The summed E-state index contributed by atoms with van der Waals surface area (Å²) in [5.74, 6) is 5.53. The van der Waals surface area contributed by atoms with Crippen LogP contribution in [0, 0.1) is 29.6 Å². The highest BCUT2D eigenvalue weighted by Gasteiger charge is 2.47. The third-order valence-corrected chi connectivity index (χ3v) is 5.00. The second kappa shape index (κ2) is 4.25. The van der Waals surface area contributed by atoms with Gasteiger partial charge in [0, 0.05) is 6.54 Å². The lowest BCUT2D eigenvalue weighted by molar-refractivity contribution is -0.0445. The van der Waals surface area contributed by atoms with E-state index < -0.39 is 0 Å². The minimum atomic E-state index is 0. The van der Waals surface area contributed by atoms with Gasteiger partial charge in [0.1, 0.15) is 0 Å². The third-order valence-electron chi connectivity index (χ3n) is 5.00. The molecule has 4 aliphatic rings. The van der Waals surface area contributed by atoms with E-state index in [0.29, 0.717) is 0 Å². The molecule has 2 heteroatoms. The molecule has 0 spiro atoms. The molecule has 1 nitrogen and oxygen atoms in total. The molecule has 15 heavy (non-hydrogen) atoms. The molecule has 0 aromatic carbocycles. The van der Waals surface area contributed by atoms with E-state index >= 15 is 0 Å². The van der Waals surface area contributed by atoms with E-state index in [1.165, 1.54) is 6.54 Å². The van der Waals surface area contributed by atoms with Crippen molar-refractivity contribution >= 4 is 12.4 Å². The molecule has 4 fully saturated rings. The van der Waals surface area contributed by atoms with E-state index in [-0.39, 0.29) is 12.4 Å². The lowest BCUT2D eigenvalue weighted by Crippen LogP contribution is -2.48. The monoisotopic (exact) mass is 229 g/mol. The maximum Gasteiger partial charge on any atom is 0.000886 e. The van der Waals surface area contributed by atoms with Crippen molar-refractivity contribution in [2.75, 3.05) is 20.6 Å². The Bertz CT molecular complexity index is 199. The van der Waals surface area contributed by atoms with Crippen LogP contribution in [0.25, 0.3) is 0 Å². The average Bonchev–Trinajstić information content (AvgIpc) is 2.09. The fourth-order valence-corrected chi connectivity index (χ4v) is 4.76. The van der Waals surface area contributed by atoms with Crippen LogP contribution in [-0.2, 0) is 0 Å². The Morgan fingerprint density at radius 3 is 1.73 bits per heavy atom. The van der Waals surface area contributed by atoms with Crippen molar-refractivity contribution in [2.24, 2.45) is 29.6 Å². The van der Waals surface area contributed by atoms with Gasteiger partial charge in [-0.15, -0.1) is 12.4 Å². The van der Waals surface area contributed by atoms with E-state index in [4.69, 9.17) is 0 Å². The normalized spacial score (nSPS) is 47.0. The molecule has 4 saturated carbocycles. The van der Waals surface area contributed by atoms with Crippen molar-refractivity contribution in [3.8, 4) is 0 Å². The Hall–Kier alpha value is 0.250. The molecule has 0 aromatic heterocycles. The van der Waals surface area contributed by atoms with Crippen LogP contribution >= 0.6 is 12.4 Å². The van der Waals surface area contributed by atoms with E-state index in [1.54, 1.807) is 32.1 Å². The van der Waals surface area contributed by atoms with Gasteiger partial charge in [0.05, 0.1) is 0 Å². The predicted molar refractivity (Wildman–Crippen MR) is 66.3 cm³/mol. The van der Waals surface area contributed by atoms with E-state index in [0.717, 1.165) is 29.6 Å². The maximum absolute atomic E-state index is 2.41. The highest BCUT2D eigenvalue weighted by atomic mass is 35.5. The smallest absolute Gasteiger partial charge is 0.000886 e. The molecule has 4 aliphatic carbocycles. The van der Waals surface area contributed by atoms with Gasteiger partial charge in [-0.25, -0.2) is 0 Å². The third kappa shape index (κ3) is 2.06. The van der Waals surface area contributed by atoms with Crippen LogP contribution in [0.1, 0.15) is 32.1 Å². The van der Waals surface area contributed by atoms with Gasteiger partial charge in [-0.05, 0) is 75.8 Å². The number of rotatable bonds is 2. The zero-order chi connectivity index (χ0) is 9.71. The quantitative estimate of drug-likeness (QED) is 0.704. The summed E-state index contributed by atoms with van der Waals surface area (Å²) in [7, 11) is 4.48. The van der Waals surface area contributed by atoms with Crippen LogP contribution < -0.4 is 0 Å². The number of hydrogen-bond donors (Lipinski definition) is 0. The fraction of sp³-hybridized carbons (Fsp3) is 1.00. The molecular formula is C13H24ClN. The van der Waals surface area contributed by atoms with E-state index in [1.807, 2.05) is 0 Å². The van der Waals surface area contributed by atoms with E-state index in [9.17, 15) is 0 Å². The zero-order valence-corrected chi connectivity index (χ0v) is 10.8. The fourth-order valence-electron chi connectivity index (χ4n) is 4.76. The molecule has 0 heterocycles. The Balaban J connectivity index is 0.000000853. The Morgan fingerprint density at radius 2 is 1.33 bits per heavy atom. The summed E-state index contributed by atoms with van der Waals surface area (Å²) in [5.41, 5.74) is 0. The molecule has 4 bridgehead atoms. The van der Waals surface area contributed by atoms with Crippen molar-refractivity contribution in [1.29, 1.82) is 0 Å². The van der Waals surface area contributed by atoms with Crippen LogP contribution in [0.5, 0.6) is 0 Å². The largest absolute Gasteiger partial charge is 0.309 e. The molecule has 0 aliphatic heterocycles. The highest BCUT2D eigenvalue weighted by molar-refractivity contribution is 5.85. The summed E-state index contributed by atoms with van der Waals surface area (Å²) in [6.45, 7) is 1.36. The van der Waals surface area contributed by atoms with Crippen LogP contribution in [0.3, 0.4) is 0 Å². The number of halogens is 1. The molecule has 0 radical (unpaired) electrons. The molecule has 0 saturated heterocycles. The molecule has 0 aromatic rings. The summed E-state index contributed by atoms with van der Waals surface area (Å²) in [6.07, 6.45) is 7.88. The minimum absolute atomic E-state index is 0. The van der Waals surface area contributed by atoms with E-state index in [2.05, 4.69) is 19.0 Å². The summed E-state index contributed by atoms with van der Waals surface area (Å²) >= 11 is 0. The Kier molecular flexibility index (Phi) is 3.33. The van der Waals surface area contributed by atoms with Crippen molar-refractivity contribution in [3.05, 3.63) is 0 Å². The first-order chi connectivity index (χ1) is 6.72. The second-order valence-corrected chi connectivity index (χ2v) is 6.36. The lowest BCUT2D eigenvalue weighted by atomic mass is 9.52. The zero-order valence-electron chi connectivity index (χ0n) is 9.98. The molecule has 0 N–H and O–H groups in total. The van der Waals surface area contributed by atoms with Gasteiger partial charge < -0.3 is 4.90 Å². The first kappa shape index (κ1) is 11.7. The van der Waals surface area contributed by atoms with Crippen molar-refractivity contribution in [1.82, 2.24) is 4.90 Å². The standard InChI is InChI=1S/C13H23N.ClH/c1-14(2)8-13-11-4-9-3-10(6-11)7-12(13)5-9;/h9-13H,3-8H2,1-2H3;1H. The minimum Gasteiger partial charge on any atom is -0.309 e. The number of hydrogen-bond acceptors (Lipinski definition) is 1. The molecule has 88 valence electrons. The van der Waals surface area contributed by atoms with Crippen LogP contribution in [0.4, 0.5) is 0 Å². The Labute approximate surface area is 100 Å². The molecular weight excluding hydrogens is 206 g/mol. The topological polar surface area (TPSA) is 3.24 Å². The van der Waals surface area contributed by atoms with Crippen LogP contribution in [0.15, 0.2) is 0 Å². The van der Waals surface area contributed by atoms with Gasteiger partial charge in [0.15, 0.2) is 0 Å². The summed E-state index contributed by atoms with van der Waals surface area (Å²) < 4.78 is 0. The van der Waals surface area contributed by atoms with Crippen molar-refractivity contribution in [2.45, 2.75) is 32.1 Å². The van der Waals surface area contributed by atoms with Gasteiger partial charge in [-0.1, -0.05) is 0 Å². The van der Waals surface area contributed by atoms with Crippen molar-refractivity contribution < 1.29 is 0 Å². The summed E-state index contributed by atoms with van der Waals surface area (Å²) in [4.78, 5) is 2.41. The Morgan fingerprint density at radius 1 is 0.867 bits per heavy atom. The molecule has 0 unspecified atom stereocenters. The first-order valence-corrected chi connectivity index (χ1v) is 6.37. The average molecular weight is 230 g/mol. The first-order valence-electron chi connectivity index (χ1n) is 6.37. The SMILES string of the molecule is CN(C)CC1C2CC3CC(C2)CC1C3.Cl. The predicted octanol–water partition coefficient (Wildman–Crippen LogP) is 3.04. The number of nitrogens with zero attached hydrogens (tertiary/aromatic N) is 1. The highest BCUT2D eigenvalue weighted by Crippen LogP contribution is 2.56. The lowest BCUT2D eigenvalue weighted by Gasteiger charge is -2.55. The second-order valence-electron chi connectivity index (χ2n) is 6.36. The van der Waals surface area contributed by atoms with Crippen LogP contribution in [-0.4, -0.2) is 25.5 Å². The van der Waals surface area contributed by atoms with Gasteiger partial charge in [-0.3, -0.25) is 0 Å². The summed E-state index contributed by atoms with van der Waals surface area (Å²) in [5, 5.41) is 0. The summed E-state index contributed by atoms with van der Waals surface area (Å²) in [6, 6.07) is 0. The van der Waals surface area contributed by atoms with Gasteiger partial charge in [0.25, 0.3) is 0 Å². The molecule has 0 amide bonds. The van der Waals surface area contributed by atoms with Crippen molar-refractivity contribution in [3.63, 3.8) is 0 Å². The molecule has 4 rings (SSSR count). The van der Waals surface area contributed by atoms with Gasteiger partial charge in [-0.2, -0.15) is 0 Å². The van der Waals surface area contributed by atoms with Gasteiger partial charge in [0.2, 0.25) is 0 Å².